The van der Waals surface area contributed by atoms with Crippen LogP contribution in [0, 0.1) is 0 Å². The van der Waals surface area contributed by atoms with E-state index in [-0.39, 0.29) is 29.5 Å². The summed E-state index contributed by atoms with van der Waals surface area (Å²) < 4.78 is 22.8. The van der Waals surface area contributed by atoms with Crippen LogP contribution in [0.4, 0.5) is 0 Å². The Balaban J connectivity index is 2.02. The van der Waals surface area contributed by atoms with E-state index in [1.807, 2.05) is 6.92 Å². The SMILES string of the molecule is CC1CS(=O)(=O)CCN1C(=O)[C@@H]1CCCN1. The number of hydrogen-bond acceptors (Lipinski definition) is 4. The Morgan fingerprint density at radius 3 is 2.75 bits per heavy atom. The second-order valence-corrected chi connectivity index (χ2v) is 6.87. The molecule has 0 aliphatic carbocycles. The van der Waals surface area contributed by atoms with Crippen LogP contribution in [0.5, 0.6) is 0 Å². The summed E-state index contributed by atoms with van der Waals surface area (Å²) in [6.07, 6.45) is 1.89. The first-order valence-corrected chi connectivity index (χ1v) is 7.56. The summed E-state index contributed by atoms with van der Waals surface area (Å²) in [5.41, 5.74) is 0. The number of hydrogen-bond donors (Lipinski definition) is 1. The van der Waals surface area contributed by atoms with Gasteiger partial charge in [0.15, 0.2) is 9.84 Å². The molecule has 2 rings (SSSR count). The Kier molecular flexibility index (Phi) is 3.21. The van der Waals surface area contributed by atoms with Crippen molar-refractivity contribution in [1.82, 2.24) is 10.2 Å². The fraction of sp³-hybridized carbons (Fsp3) is 0.900. The summed E-state index contributed by atoms with van der Waals surface area (Å²) in [5, 5.41) is 3.15. The van der Waals surface area contributed by atoms with E-state index in [0.29, 0.717) is 6.54 Å². The lowest BCUT2D eigenvalue weighted by molar-refractivity contribution is -0.134. The van der Waals surface area contributed by atoms with Crippen molar-refractivity contribution in [3.05, 3.63) is 0 Å². The minimum Gasteiger partial charge on any atom is -0.337 e. The molecule has 5 nitrogen and oxygen atoms in total. The summed E-state index contributed by atoms with van der Waals surface area (Å²) >= 11 is 0. The molecule has 0 aromatic heterocycles. The third-order valence-corrected chi connectivity index (χ3v) is 5.11. The lowest BCUT2D eigenvalue weighted by Crippen LogP contribution is -2.54. The topological polar surface area (TPSA) is 66.5 Å². The number of sulfone groups is 1. The van der Waals surface area contributed by atoms with Crippen molar-refractivity contribution >= 4 is 15.7 Å². The van der Waals surface area contributed by atoms with E-state index in [1.54, 1.807) is 4.90 Å². The van der Waals surface area contributed by atoms with Gasteiger partial charge in [-0.05, 0) is 26.3 Å². The van der Waals surface area contributed by atoms with E-state index < -0.39 is 9.84 Å². The number of rotatable bonds is 1. The monoisotopic (exact) mass is 246 g/mol. The molecule has 0 saturated carbocycles. The average Bonchev–Trinajstić information content (AvgIpc) is 2.68. The highest BCUT2D eigenvalue weighted by Crippen LogP contribution is 2.16. The highest BCUT2D eigenvalue weighted by Gasteiger charge is 2.35. The lowest BCUT2D eigenvalue weighted by atomic mass is 10.1. The number of carbonyl (C=O) groups is 1. The standard InChI is InChI=1S/C10H18N2O3S/c1-8-7-16(14,15)6-5-12(8)10(13)9-3-2-4-11-9/h8-9,11H,2-7H2,1H3/t8?,9-/m0/s1. The molecule has 92 valence electrons. The van der Waals surface area contributed by atoms with Crippen molar-refractivity contribution in [2.24, 2.45) is 0 Å². The molecule has 0 aromatic carbocycles. The fourth-order valence-corrected chi connectivity index (χ4v) is 3.98. The molecule has 2 aliphatic heterocycles. The van der Waals surface area contributed by atoms with Crippen LogP contribution in [0.1, 0.15) is 19.8 Å². The maximum atomic E-state index is 12.1. The molecule has 2 fully saturated rings. The summed E-state index contributed by atoms with van der Waals surface area (Å²) in [5.74, 6) is 0.279. The third-order valence-electron chi connectivity index (χ3n) is 3.31. The summed E-state index contributed by atoms with van der Waals surface area (Å²) in [7, 11) is -2.94. The summed E-state index contributed by atoms with van der Waals surface area (Å²) in [6, 6.07) is -0.281. The molecule has 1 unspecified atom stereocenters. The van der Waals surface area contributed by atoms with Gasteiger partial charge in [-0.1, -0.05) is 0 Å². The Morgan fingerprint density at radius 2 is 2.19 bits per heavy atom. The quantitative estimate of drug-likeness (QED) is 0.670. The predicted octanol–water partition coefficient (Wildman–Crippen LogP) is -0.616. The van der Waals surface area contributed by atoms with E-state index in [4.69, 9.17) is 0 Å². The maximum Gasteiger partial charge on any atom is 0.240 e. The molecule has 2 heterocycles. The second kappa shape index (κ2) is 4.33. The summed E-state index contributed by atoms with van der Waals surface area (Å²) in [4.78, 5) is 13.8. The van der Waals surface area contributed by atoms with Gasteiger partial charge in [-0.3, -0.25) is 4.79 Å². The molecule has 0 aromatic rings. The van der Waals surface area contributed by atoms with Crippen molar-refractivity contribution in [2.75, 3.05) is 24.6 Å². The zero-order valence-corrected chi connectivity index (χ0v) is 10.3. The van der Waals surface area contributed by atoms with Crippen LogP contribution >= 0.6 is 0 Å². The first-order chi connectivity index (χ1) is 7.49. The number of amides is 1. The van der Waals surface area contributed by atoms with Crippen LogP contribution < -0.4 is 5.32 Å². The van der Waals surface area contributed by atoms with Crippen molar-refractivity contribution in [3.8, 4) is 0 Å². The molecular formula is C10H18N2O3S. The average molecular weight is 246 g/mol. The molecule has 1 amide bonds. The first-order valence-electron chi connectivity index (χ1n) is 5.74. The third kappa shape index (κ3) is 2.38. The van der Waals surface area contributed by atoms with Crippen LogP contribution in [0.25, 0.3) is 0 Å². The van der Waals surface area contributed by atoms with E-state index in [1.165, 1.54) is 0 Å². The first kappa shape index (κ1) is 11.9. The molecule has 0 bridgehead atoms. The van der Waals surface area contributed by atoms with Crippen LogP contribution in [0.3, 0.4) is 0 Å². The van der Waals surface area contributed by atoms with E-state index in [0.717, 1.165) is 19.4 Å². The Hall–Kier alpha value is -0.620. The van der Waals surface area contributed by atoms with E-state index >= 15 is 0 Å². The van der Waals surface area contributed by atoms with Crippen molar-refractivity contribution in [1.29, 1.82) is 0 Å². The molecular weight excluding hydrogens is 228 g/mol. The lowest BCUT2D eigenvalue weighted by Gasteiger charge is -2.34. The largest absolute Gasteiger partial charge is 0.337 e. The van der Waals surface area contributed by atoms with Gasteiger partial charge in [0.2, 0.25) is 5.91 Å². The minimum absolute atomic E-state index is 0.0694. The van der Waals surface area contributed by atoms with Gasteiger partial charge in [-0.15, -0.1) is 0 Å². The van der Waals surface area contributed by atoms with Crippen molar-refractivity contribution in [3.63, 3.8) is 0 Å². The maximum absolute atomic E-state index is 12.1. The Labute approximate surface area is 96.1 Å². The fourth-order valence-electron chi connectivity index (χ4n) is 2.42. The molecule has 2 atom stereocenters. The van der Waals surface area contributed by atoms with Crippen LogP contribution in [0.15, 0.2) is 0 Å². The molecule has 6 heteroatoms. The molecule has 0 spiro atoms. The van der Waals surface area contributed by atoms with Gasteiger partial charge in [0.1, 0.15) is 0 Å². The smallest absolute Gasteiger partial charge is 0.240 e. The van der Waals surface area contributed by atoms with Crippen LogP contribution in [-0.2, 0) is 14.6 Å². The van der Waals surface area contributed by atoms with E-state index in [2.05, 4.69) is 5.32 Å². The van der Waals surface area contributed by atoms with Crippen LogP contribution in [0.2, 0.25) is 0 Å². The van der Waals surface area contributed by atoms with Crippen LogP contribution in [-0.4, -0.2) is 55.9 Å². The highest BCUT2D eigenvalue weighted by molar-refractivity contribution is 7.91. The zero-order valence-electron chi connectivity index (χ0n) is 9.48. The Bertz CT molecular complexity index is 374. The predicted molar refractivity (Wildman–Crippen MR) is 60.9 cm³/mol. The van der Waals surface area contributed by atoms with Gasteiger partial charge in [0.25, 0.3) is 0 Å². The summed E-state index contributed by atoms with van der Waals surface area (Å²) in [6.45, 7) is 3.04. The molecule has 16 heavy (non-hydrogen) atoms. The normalized spacial score (nSPS) is 33.9. The number of nitrogens with zero attached hydrogens (tertiary/aromatic N) is 1. The van der Waals surface area contributed by atoms with Gasteiger partial charge in [-0.2, -0.15) is 0 Å². The van der Waals surface area contributed by atoms with Gasteiger partial charge in [0.05, 0.1) is 17.5 Å². The van der Waals surface area contributed by atoms with Crippen molar-refractivity contribution in [2.45, 2.75) is 31.8 Å². The molecule has 0 radical (unpaired) electrons. The number of nitrogens with one attached hydrogen (secondary N) is 1. The zero-order chi connectivity index (χ0) is 11.8. The van der Waals surface area contributed by atoms with E-state index in [9.17, 15) is 13.2 Å². The van der Waals surface area contributed by atoms with Gasteiger partial charge in [0, 0.05) is 12.6 Å². The van der Waals surface area contributed by atoms with Gasteiger partial charge >= 0.3 is 0 Å². The molecule has 2 aliphatic rings. The second-order valence-electron chi connectivity index (χ2n) is 4.64. The Morgan fingerprint density at radius 1 is 1.44 bits per heavy atom. The van der Waals surface area contributed by atoms with Gasteiger partial charge in [-0.25, -0.2) is 8.42 Å². The highest BCUT2D eigenvalue weighted by atomic mass is 32.2. The van der Waals surface area contributed by atoms with Gasteiger partial charge < -0.3 is 10.2 Å². The molecule has 2 saturated heterocycles. The minimum atomic E-state index is -2.94. The molecule has 1 N–H and O–H groups in total. The number of carbonyl (C=O) groups excluding carboxylic acids is 1. The van der Waals surface area contributed by atoms with Crippen molar-refractivity contribution < 1.29 is 13.2 Å².